The molecule has 0 bridgehead atoms. The van der Waals surface area contributed by atoms with Crippen LogP contribution in [-0.4, -0.2) is 124 Å². The van der Waals surface area contributed by atoms with E-state index >= 15 is 0 Å². The van der Waals surface area contributed by atoms with Gasteiger partial charge in [0.15, 0.2) is 5.69 Å². The van der Waals surface area contributed by atoms with Gasteiger partial charge in [-0.3, -0.25) is 53.1 Å². The second-order valence-corrected chi connectivity index (χ2v) is 18.1. The molecule has 1 unspecified atom stereocenters. The second kappa shape index (κ2) is 15.9. The van der Waals surface area contributed by atoms with Gasteiger partial charge in [-0.15, -0.1) is 0 Å². The van der Waals surface area contributed by atoms with Crippen molar-refractivity contribution in [2.75, 3.05) is 67.5 Å². The van der Waals surface area contributed by atoms with Gasteiger partial charge in [0.2, 0.25) is 11.8 Å². The van der Waals surface area contributed by atoms with E-state index in [1.807, 2.05) is 24.3 Å². The normalized spacial score (nSPS) is 22.1. The highest BCUT2D eigenvalue weighted by atomic mass is 19.4. The number of rotatable bonds is 8. The van der Waals surface area contributed by atoms with Crippen LogP contribution in [-0.2, 0) is 33.1 Å². The maximum Gasteiger partial charge on any atom is 0.407 e. The van der Waals surface area contributed by atoms with Crippen LogP contribution in [0.2, 0.25) is 0 Å². The van der Waals surface area contributed by atoms with Crippen LogP contribution in [0.4, 0.5) is 35.9 Å². The van der Waals surface area contributed by atoms with Crippen molar-refractivity contribution in [3.63, 3.8) is 0 Å². The number of carbonyl (C=O) groups is 5. The van der Waals surface area contributed by atoms with E-state index in [1.54, 1.807) is 19.2 Å². The molecule has 10 rings (SSSR count). The van der Waals surface area contributed by atoms with Crippen LogP contribution >= 0.6 is 0 Å². The van der Waals surface area contributed by atoms with Crippen LogP contribution in [0, 0.1) is 6.57 Å². The highest BCUT2D eigenvalue weighted by molar-refractivity contribution is 6.23. The molecule has 1 aliphatic carbocycles. The molecule has 5 amide bonds. The predicted molar refractivity (Wildman–Crippen MR) is 233 cm³/mol. The van der Waals surface area contributed by atoms with E-state index in [1.165, 1.54) is 15.2 Å². The molecule has 0 spiro atoms. The third-order valence-corrected chi connectivity index (χ3v) is 14.6. The number of anilines is 3. The number of imidazole rings is 1. The summed E-state index contributed by atoms with van der Waals surface area (Å²) < 4.78 is 44.1. The van der Waals surface area contributed by atoms with Crippen molar-refractivity contribution in [3.05, 3.63) is 93.2 Å². The standard InChI is InChI=1S/C46H47F3N10O6/c1-50-35-8-4-27(22-34(35)46(47,48)49)51-43(64)45(14-3-15-45)59-36-9-6-30(24-38(36)53(2)44(59)65)54-16-12-28(13-17-54)57-25-31(26-57)56-20-18-55(19-21-56)29-5-7-32-33(23-29)42(63)58(41(32)62)37-10-11-39(60)52-40(37)61/h4-9,22-24,28,31,37H,3,10-21,25-26H2,2H3,(H,51,64)(H,52,60,61). The Morgan fingerprint density at radius 2 is 1.46 bits per heavy atom. The van der Waals surface area contributed by atoms with Gasteiger partial charge in [-0.1, -0.05) is 6.07 Å². The van der Waals surface area contributed by atoms with E-state index in [4.69, 9.17) is 6.57 Å². The molecule has 5 aliphatic heterocycles. The summed E-state index contributed by atoms with van der Waals surface area (Å²) >= 11 is 0. The molecule has 65 heavy (non-hydrogen) atoms. The van der Waals surface area contributed by atoms with Crippen LogP contribution in [0.25, 0.3) is 15.9 Å². The number of likely N-dealkylation sites (tertiary alicyclic amines) is 1. The lowest BCUT2D eigenvalue weighted by molar-refractivity contribution is -0.137. The number of halogens is 3. The van der Waals surface area contributed by atoms with E-state index in [9.17, 15) is 41.9 Å². The average molecular weight is 893 g/mol. The fraction of sp³-hybridized carbons (Fsp3) is 0.457. The number of fused-ring (bicyclic) bond motifs is 2. The maximum absolute atomic E-state index is 13.9. The zero-order valence-corrected chi connectivity index (χ0v) is 35.7. The number of nitrogens with zero attached hydrogens (tertiary/aromatic N) is 8. The quantitative estimate of drug-likeness (QED) is 0.193. The van der Waals surface area contributed by atoms with Crippen LogP contribution in [0.15, 0.2) is 59.4 Å². The van der Waals surface area contributed by atoms with E-state index in [0.717, 1.165) is 93.6 Å². The molecular formula is C46H47F3N10O6. The van der Waals surface area contributed by atoms with Crippen molar-refractivity contribution in [3.8, 4) is 0 Å². The van der Waals surface area contributed by atoms with E-state index < -0.39 is 58.5 Å². The molecule has 16 nitrogen and oxygen atoms in total. The van der Waals surface area contributed by atoms with Crippen molar-refractivity contribution >= 4 is 63.3 Å². The van der Waals surface area contributed by atoms with Gasteiger partial charge in [0.1, 0.15) is 11.6 Å². The lowest BCUT2D eigenvalue weighted by Gasteiger charge is -2.52. The number of alkyl halides is 3. The molecule has 3 aromatic carbocycles. The lowest BCUT2D eigenvalue weighted by atomic mass is 9.75. The largest absolute Gasteiger partial charge is 0.407 e. The van der Waals surface area contributed by atoms with Crippen molar-refractivity contribution in [1.29, 1.82) is 0 Å². The third-order valence-electron chi connectivity index (χ3n) is 14.6. The number of piperazine rings is 1. The van der Waals surface area contributed by atoms with Gasteiger partial charge in [-0.25, -0.2) is 9.64 Å². The molecule has 4 aromatic rings. The SMILES string of the molecule is [C-]#[N+]c1ccc(NC(=O)C2(n3c(=O)n(C)c4cc(N5CCC(N6CC(N7CCN(c8ccc9c(c8)C(=O)N(C8CCC(=O)NC8=O)C9=O)CC7)C6)CC5)ccc43)CCC2)cc1C(F)(F)F. The highest BCUT2D eigenvalue weighted by Gasteiger charge is 2.49. The Kier molecular flexibility index (Phi) is 10.4. The number of aromatic nitrogens is 2. The fourth-order valence-electron chi connectivity index (χ4n) is 10.7. The van der Waals surface area contributed by atoms with Crippen molar-refractivity contribution < 1.29 is 37.1 Å². The van der Waals surface area contributed by atoms with Crippen molar-refractivity contribution in [2.45, 2.75) is 74.8 Å². The molecule has 2 N–H and O–H groups in total. The zero-order chi connectivity index (χ0) is 45.5. The van der Waals surface area contributed by atoms with Gasteiger partial charge in [0.05, 0.1) is 34.3 Å². The molecule has 1 saturated carbocycles. The van der Waals surface area contributed by atoms with Crippen molar-refractivity contribution in [2.24, 2.45) is 7.05 Å². The van der Waals surface area contributed by atoms with Crippen LogP contribution in [0.3, 0.4) is 0 Å². The summed E-state index contributed by atoms with van der Waals surface area (Å²) in [5, 5.41) is 4.86. The van der Waals surface area contributed by atoms with Crippen LogP contribution in [0.5, 0.6) is 0 Å². The first-order valence-electron chi connectivity index (χ1n) is 22.1. The van der Waals surface area contributed by atoms with Gasteiger partial charge >= 0.3 is 11.9 Å². The highest BCUT2D eigenvalue weighted by Crippen LogP contribution is 2.43. The third kappa shape index (κ3) is 7.13. The number of carbonyl (C=O) groups excluding carboxylic acids is 5. The summed E-state index contributed by atoms with van der Waals surface area (Å²) in [6.45, 7) is 14.0. The van der Waals surface area contributed by atoms with Crippen LogP contribution in [0.1, 0.15) is 71.2 Å². The van der Waals surface area contributed by atoms with E-state index in [0.29, 0.717) is 42.4 Å². The minimum atomic E-state index is -4.77. The van der Waals surface area contributed by atoms with Gasteiger partial charge in [-0.05, 0) is 87.1 Å². The molecule has 1 atom stereocenters. The Morgan fingerprint density at radius 1 is 0.785 bits per heavy atom. The molecule has 4 saturated heterocycles. The molecule has 19 heteroatoms. The van der Waals surface area contributed by atoms with Gasteiger partial charge in [0.25, 0.3) is 17.7 Å². The summed E-state index contributed by atoms with van der Waals surface area (Å²) in [5.74, 6) is -2.62. The van der Waals surface area contributed by atoms with E-state index in [-0.39, 0.29) is 35.3 Å². The minimum absolute atomic E-state index is 0.0717. The first-order chi connectivity index (χ1) is 31.1. The summed E-state index contributed by atoms with van der Waals surface area (Å²) in [7, 11) is 1.67. The molecule has 5 fully saturated rings. The van der Waals surface area contributed by atoms with Crippen LogP contribution < -0.4 is 26.1 Å². The number of aryl methyl sites for hydroxylation is 1. The predicted octanol–water partition coefficient (Wildman–Crippen LogP) is 4.30. The molecular weight excluding hydrogens is 846 g/mol. The Bertz CT molecular complexity index is 2770. The smallest absolute Gasteiger partial charge is 0.371 e. The zero-order valence-electron chi connectivity index (χ0n) is 35.7. The molecule has 338 valence electrons. The maximum atomic E-state index is 13.9. The Labute approximate surface area is 371 Å². The number of hydrogen-bond acceptors (Lipinski definition) is 10. The fourth-order valence-corrected chi connectivity index (χ4v) is 10.7. The van der Waals surface area contributed by atoms with Crippen molar-refractivity contribution in [1.82, 2.24) is 29.2 Å². The molecule has 1 aromatic heterocycles. The first-order valence-corrected chi connectivity index (χ1v) is 22.1. The number of amides is 5. The van der Waals surface area contributed by atoms with Gasteiger partial charge < -0.3 is 15.1 Å². The Balaban J connectivity index is 0.731. The first kappa shape index (κ1) is 42.4. The summed E-state index contributed by atoms with van der Waals surface area (Å²) in [5.41, 5.74) is 0.195. The summed E-state index contributed by atoms with van der Waals surface area (Å²) in [4.78, 5) is 92.0. The minimum Gasteiger partial charge on any atom is -0.371 e. The number of piperidine rings is 2. The van der Waals surface area contributed by atoms with E-state index in [2.05, 4.69) is 35.1 Å². The molecule has 6 aliphatic rings. The number of imide groups is 2. The summed E-state index contributed by atoms with van der Waals surface area (Å²) in [6, 6.07) is 14.1. The summed E-state index contributed by atoms with van der Waals surface area (Å²) in [6.07, 6.45) is -1.25. The second-order valence-electron chi connectivity index (χ2n) is 18.1. The average Bonchev–Trinajstić information content (AvgIpc) is 3.66. The number of hydrogen-bond donors (Lipinski definition) is 2. The molecule has 6 heterocycles. The monoisotopic (exact) mass is 892 g/mol. The Morgan fingerprint density at radius 3 is 2.12 bits per heavy atom. The lowest BCUT2D eigenvalue weighted by Crippen LogP contribution is -2.66. The number of nitrogens with one attached hydrogen (secondary N) is 2. The molecule has 0 radical (unpaired) electrons. The Hall–Kier alpha value is -6.52. The number of benzene rings is 3. The van der Waals surface area contributed by atoms with Gasteiger partial charge in [-0.2, -0.15) is 13.2 Å². The topological polar surface area (TPSA) is 157 Å². The van der Waals surface area contributed by atoms with Gasteiger partial charge in [0, 0.05) is 95.0 Å².